The fraction of sp³-hybridized carbons (Fsp3) is 0.667. The van der Waals surface area contributed by atoms with Crippen LogP contribution in [0.1, 0.15) is 69.9 Å². The van der Waals surface area contributed by atoms with Crippen molar-refractivity contribution in [3.8, 4) is 0 Å². The Hall–Kier alpha value is -0.980. The van der Waals surface area contributed by atoms with Gasteiger partial charge in [0.05, 0.1) is 0 Å². The molecule has 1 aliphatic heterocycles. The van der Waals surface area contributed by atoms with Crippen LogP contribution in [-0.4, -0.2) is 6.04 Å². The maximum absolute atomic E-state index is 3.58. The lowest BCUT2D eigenvalue weighted by molar-refractivity contribution is 0.607. The zero-order valence-corrected chi connectivity index (χ0v) is 12.7. The Morgan fingerprint density at radius 1 is 1.11 bits per heavy atom. The molecule has 0 bridgehead atoms. The molecule has 0 amide bonds. The Balaban J connectivity index is 1.76. The Kier molecular flexibility index (Phi) is 5.75. The number of benzene rings is 1. The van der Waals surface area contributed by atoms with E-state index in [-0.39, 0.29) is 0 Å². The summed E-state index contributed by atoms with van der Waals surface area (Å²) >= 11 is 0. The molecule has 0 saturated heterocycles. The molecule has 1 nitrogen and oxygen atoms in total. The van der Waals surface area contributed by atoms with Crippen LogP contribution in [0.3, 0.4) is 0 Å². The maximum atomic E-state index is 3.58. The highest BCUT2D eigenvalue weighted by Gasteiger charge is 2.13. The van der Waals surface area contributed by atoms with Crippen molar-refractivity contribution in [3.63, 3.8) is 0 Å². The van der Waals surface area contributed by atoms with Crippen LogP contribution in [0.25, 0.3) is 0 Å². The first-order chi connectivity index (χ1) is 9.29. The van der Waals surface area contributed by atoms with Gasteiger partial charge < -0.3 is 5.32 Å². The van der Waals surface area contributed by atoms with Crippen molar-refractivity contribution in [3.05, 3.63) is 29.3 Å². The van der Waals surface area contributed by atoms with E-state index in [0.717, 1.165) is 0 Å². The van der Waals surface area contributed by atoms with Crippen LogP contribution in [0.5, 0.6) is 0 Å². The van der Waals surface area contributed by atoms with Gasteiger partial charge >= 0.3 is 0 Å². The Bertz CT molecular complexity index is 383. The minimum absolute atomic E-state index is 0.636. The number of unbranched alkanes of at least 4 members (excludes halogenated alkanes) is 5. The maximum Gasteiger partial charge on any atom is 0.0374 e. The minimum atomic E-state index is 0.636. The topological polar surface area (TPSA) is 12.0 Å². The van der Waals surface area contributed by atoms with Crippen LogP contribution >= 0.6 is 0 Å². The molecule has 0 spiro atoms. The SMILES string of the molecule is CCCCCCCCc1ccc2c(c1)CCC(C)N2. The lowest BCUT2D eigenvalue weighted by Gasteiger charge is -2.24. The molecular formula is C18H29N. The smallest absolute Gasteiger partial charge is 0.0374 e. The molecule has 106 valence electrons. The van der Waals surface area contributed by atoms with Crippen molar-refractivity contribution in [1.82, 2.24) is 0 Å². The van der Waals surface area contributed by atoms with E-state index in [0.29, 0.717) is 6.04 Å². The Labute approximate surface area is 118 Å². The molecule has 1 atom stereocenters. The first-order valence-corrected chi connectivity index (χ1v) is 8.18. The number of hydrogen-bond donors (Lipinski definition) is 1. The van der Waals surface area contributed by atoms with Gasteiger partial charge in [0.2, 0.25) is 0 Å². The Morgan fingerprint density at radius 2 is 1.89 bits per heavy atom. The summed E-state index contributed by atoms with van der Waals surface area (Å²) in [5.74, 6) is 0. The average molecular weight is 259 g/mol. The first kappa shape index (κ1) is 14.4. The second-order valence-corrected chi connectivity index (χ2v) is 6.09. The van der Waals surface area contributed by atoms with Gasteiger partial charge in [-0.1, -0.05) is 51.2 Å². The third kappa shape index (κ3) is 4.56. The van der Waals surface area contributed by atoms with E-state index in [2.05, 4.69) is 37.4 Å². The van der Waals surface area contributed by atoms with Gasteiger partial charge in [-0.05, 0) is 49.8 Å². The predicted molar refractivity (Wildman–Crippen MR) is 84.9 cm³/mol. The minimum Gasteiger partial charge on any atom is -0.382 e. The normalized spacial score (nSPS) is 17.9. The largest absolute Gasteiger partial charge is 0.382 e. The van der Waals surface area contributed by atoms with Crippen molar-refractivity contribution in [2.24, 2.45) is 0 Å². The van der Waals surface area contributed by atoms with Crippen LogP contribution < -0.4 is 5.32 Å². The van der Waals surface area contributed by atoms with Crippen LogP contribution in [-0.2, 0) is 12.8 Å². The zero-order chi connectivity index (χ0) is 13.5. The van der Waals surface area contributed by atoms with Gasteiger partial charge in [0.1, 0.15) is 0 Å². The highest BCUT2D eigenvalue weighted by molar-refractivity contribution is 5.55. The molecule has 1 heteroatoms. The summed E-state index contributed by atoms with van der Waals surface area (Å²) in [5.41, 5.74) is 4.43. The second kappa shape index (κ2) is 7.57. The summed E-state index contributed by atoms with van der Waals surface area (Å²) in [4.78, 5) is 0. The number of fused-ring (bicyclic) bond motifs is 1. The van der Waals surface area contributed by atoms with Gasteiger partial charge in [0, 0.05) is 11.7 Å². The zero-order valence-electron chi connectivity index (χ0n) is 12.7. The van der Waals surface area contributed by atoms with Crippen molar-refractivity contribution in [2.45, 2.75) is 77.7 Å². The molecule has 0 aliphatic carbocycles. The number of rotatable bonds is 7. The molecule has 1 heterocycles. The third-order valence-electron chi connectivity index (χ3n) is 4.24. The third-order valence-corrected chi connectivity index (χ3v) is 4.24. The van der Waals surface area contributed by atoms with E-state index in [9.17, 15) is 0 Å². The highest BCUT2D eigenvalue weighted by atomic mass is 14.9. The summed E-state index contributed by atoms with van der Waals surface area (Å²) < 4.78 is 0. The van der Waals surface area contributed by atoms with E-state index < -0.39 is 0 Å². The molecule has 1 N–H and O–H groups in total. The molecule has 0 fully saturated rings. The lowest BCUT2D eigenvalue weighted by atomic mass is 9.95. The van der Waals surface area contributed by atoms with E-state index >= 15 is 0 Å². The molecule has 19 heavy (non-hydrogen) atoms. The van der Waals surface area contributed by atoms with Gasteiger partial charge in [0.25, 0.3) is 0 Å². The van der Waals surface area contributed by atoms with E-state index in [1.165, 1.54) is 74.6 Å². The van der Waals surface area contributed by atoms with Gasteiger partial charge in [-0.25, -0.2) is 0 Å². The quantitative estimate of drug-likeness (QED) is 0.652. The van der Waals surface area contributed by atoms with Crippen LogP contribution in [0.2, 0.25) is 0 Å². The summed E-state index contributed by atoms with van der Waals surface area (Å²) in [6, 6.07) is 7.67. The van der Waals surface area contributed by atoms with Crippen molar-refractivity contribution in [2.75, 3.05) is 5.32 Å². The highest BCUT2D eigenvalue weighted by Crippen LogP contribution is 2.26. The number of anilines is 1. The number of nitrogens with one attached hydrogen (secondary N) is 1. The lowest BCUT2D eigenvalue weighted by Crippen LogP contribution is -2.21. The van der Waals surface area contributed by atoms with Gasteiger partial charge in [-0.2, -0.15) is 0 Å². The van der Waals surface area contributed by atoms with Crippen LogP contribution in [0.4, 0.5) is 5.69 Å². The van der Waals surface area contributed by atoms with Gasteiger partial charge in [0.15, 0.2) is 0 Å². The van der Waals surface area contributed by atoms with E-state index in [1.807, 2.05) is 0 Å². The molecular weight excluding hydrogens is 230 g/mol. The summed E-state index contributed by atoms with van der Waals surface area (Å²) in [6.45, 7) is 4.55. The predicted octanol–water partition coefficient (Wildman–Crippen LogP) is 5.34. The van der Waals surface area contributed by atoms with E-state index in [4.69, 9.17) is 0 Å². The fourth-order valence-corrected chi connectivity index (χ4v) is 2.97. The monoisotopic (exact) mass is 259 g/mol. The molecule has 1 unspecified atom stereocenters. The second-order valence-electron chi connectivity index (χ2n) is 6.09. The van der Waals surface area contributed by atoms with Crippen molar-refractivity contribution >= 4 is 5.69 Å². The van der Waals surface area contributed by atoms with Crippen LogP contribution in [0, 0.1) is 0 Å². The van der Waals surface area contributed by atoms with Crippen molar-refractivity contribution < 1.29 is 0 Å². The molecule has 1 aromatic carbocycles. The van der Waals surface area contributed by atoms with Gasteiger partial charge in [-0.15, -0.1) is 0 Å². The first-order valence-electron chi connectivity index (χ1n) is 8.18. The summed E-state index contributed by atoms with van der Waals surface area (Å²) in [6.07, 6.45) is 12.1. The Morgan fingerprint density at radius 3 is 2.74 bits per heavy atom. The molecule has 0 radical (unpaired) electrons. The van der Waals surface area contributed by atoms with Crippen LogP contribution in [0.15, 0.2) is 18.2 Å². The molecule has 0 aromatic heterocycles. The molecule has 0 saturated carbocycles. The molecule has 1 aromatic rings. The number of hydrogen-bond acceptors (Lipinski definition) is 1. The fourth-order valence-electron chi connectivity index (χ4n) is 2.97. The summed E-state index contributed by atoms with van der Waals surface area (Å²) in [7, 11) is 0. The molecule has 2 rings (SSSR count). The molecule has 1 aliphatic rings. The average Bonchev–Trinajstić information content (AvgIpc) is 2.43. The standard InChI is InChI=1S/C18H29N/c1-3-4-5-6-7-8-9-16-11-13-18-17(14-16)12-10-15(2)19-18/h11,13-15,19H,3-10,12H2,1-2H3. The van der Waals surface area contributed by atoms with Gasteiger partial charge in [-0.3, -0.25) is 0 Å². The summed E-state index contributed by atoms with van der Waals surface area (Å²) in [5, 5.41) is 3.58. The van der Waals surface area contributed by atoms with Crippen molar-refractivity contribution in [1.29, 1.82) is 0 Å². The van der Waals surface area contributed by atoms with E-state index in [1.54, 1.807) is 0 Å². The number of aryl methyl sites for hydroxylation is 2.